The van der Waals surface area contributed by atoms with Gasteiger partial charge < -0.3 is 15.4 Å². The van der Waals surface area contributed by atoms with Crippen LogP contribution in [-0.2, 0) is 0 Å². The van der Waals surface area contributed by atoms with Crippen LogP contribution in [0.2, 0.25) is 0 Å². The number of likely N-dealkylation sites (N-methyl/N-ethyl adjacent to an activating group) is 1. The Bertz CT molecular complexity index is 601. The van der Waals surface area contributed by atoms with Crippen molar-refractivity contribution in [2.45, 2.75) is 13.0 Å². The highest BCUT2D eigenvalue weighted by Gasteiger charge is 2.17. The number of hydrogen-bond acceptors (Lipinski definition) is 3. The lowest BCUT2D eigenvalue weighted by Crippen LogP contribution is -2.44. The number of nitrogens with zero attached hydrogens (tertiary/aromatic N) is 2. The van der Waals surface area contributed by atoms with Gasteiger partial charge in [0.1, 0.15) is 0 Å². The molecular weight excluding hydrogens is 266 g/mol. The van der Waals surface area contributed by atoms with Gasteiger partial charge in [-0.1, -0.05) is 18.2 Å². The monoisotopic (exact) mass is 285 g/mol. The van der Waals surface area contributed by atoms with Crippen LogP contribution < -0.4 is 14.9 Å². The number of anilines is 1. The molecule has 1 atom stereocenters. The smallest absolute Gasteiger partial charge is 0.317 e. The van der Waals surface area contributed by atoms with Crippen LogP contribution >= 0.6 is 0 Å². The average Bonchev–Trinajstić information content (AvgIpc) is 2.52. The van der Waals surface area contributed by atoms with Gasteiger partial charge >= 0.3 is 5.91 Å². The molecule has 0 unspecified atom stereocenters. The van der Waals surface area contributed by atoms with E-state index in [4.69, 9.17) is 0 Å². The van der Waals surface area contributed by atoms with E-state index in [-0.39, 0.29) is 17.6 Å². The minimum Gasteiger partial charge on any atom is -0.618 e. The van der Waals surface area contributed by atoms with E-state index in [1.54, 1.807) is 12.1 Å². The molecule has 1 heterocycles. The molecule has 5 heteroatoms. The Labute approximate surface area is 124 Å². The van der Waals surface area contributed by atoms with Gasteiger partial charge in [0.2, 0.25) is 0 Å². The van der Waals surface area contributed by atoms with Crippen LogP contribution in [-0.4, -0.2) is 25.5 Å². The quantitative estimate of drug-likeness (QED) is 0.670. The van der Waals surface area contributed by atoms with Crippen molar-refractivity contribution in [2.24, 2.45) is 0 Å². The van der Waals surface area contributed by atoms with Crippen molar-refractivity contribution in [3.63, 3.8) is 0 Å². The Morgan fingerprint density at radius 1 is 1.24 bits per heavy atom. The van der Waals surface area contributed by atoms with Crippen molar-refractivity contribution in [1.29, 1.82) is 0 Å². The molecule has 1 N–H and O–H groups in total. The fourth-order valence-corrected chi connectivity index (χ4v) is 1.99. The zero-order chi connectivity index (χ0) is 15.2. The molecule has 1 amide bonds. The molecule has 0 fully saturated rings. The van der Waals surface area contributed by atoms with Gasteiger partial charge in [-0.25, -0.2) is 0 Å². The number of benzene rings is 1. The van der Waals surface area contributed by atoms with E-state index in [0.29, 0.717) is 11.3 Å². The predicted molar refractivity (Wildman–Crippen MR) is 82.0 cm³/mol. The lowest BCUT2D eigenvalue weighted by molar-refractivity contribution is -0.607. The van der Waals surface area contributed by atoms with Crippen molar-refractivity contribution in [3.05, 3.63) is 65.6 Å². The second-order valence-corrected chi connectivity index (χ2v) is 4.92. The third kappa shape index (κ3) is 3.72. The summed E-state index contributed by atoms with van der Waals surface area (Å²) in [5.74, 6) is -0.362. The molecule has 5 nitrogen and oxygen atoms in total. The number of nitrogens with one attached hydrogen (secondary N) is 1. The number of carbonyl (C=O) groups excluding carboxylic acids is 1. The first kappa shape index (κ1) is 14.8. The maximum atomic E-state index is 12.0. The summed E-state index contributed by atoms with van der Waals surface area (Å²) in [5.41, 5.74) is 1.19. The number of pyridine rings is 1. The molecule has 1 aromatic heterocycles. The largest absolute Gasteiger partial charge is 0.618 e. The van der Waals surface area contributed by atoms with Crippen LogP contribution in [0.3, 0.4) is 0 Å². The minimum atomic E-state index is -0.362. The summed E-state index contributed by atoms with van der Waals surface area (Å²) in [6, 6.07) is 14.8. The van der Waals surface area contributed by atoms with E-state index in [1.807, 2.05) is 44.3 Å². The normalized spacial score (nSPS) is 11.7. The molecule has 1 aromatic carbocycles. The maximum Gasteiger partial charge on any atom is 0.317 e. The minimum absolute atomic E-state index is 0.104. The molecule has 110 valence electrons. The van der Waals surface area contributed by atoms with Gasteiger partial charge in [0.05, 0.1) is 0 Å². The number of hydrogen-bond donors (Lipinski definition) is 1. The number of carbonyl (C=O) groups is 1. The van der Waals surface area contributed by atoms with E-state index >= 15 is 0 Å². The fourth-order valence-electron chi connectivity index (χ4n) is 1.99. The molecule has 2 rings (SSSR count). The van der Waals surface area contributed by atoms with E-state index in [2.05, 4.69) is 10.2 Å². The van der Waals surface area contributed by atoms with Crippen LogP contribution in [0, 0.1) is 5.21 Å². The lowest BCUT2D eigenvalue weighted by atomic mass is 10.2. The summed E-state index contributed by atoms with van der Waals surface area (Å²) >= 11 is 0. The molecule has 2 aromatic rings. The van der Waals surface area contributed by atoms with Gasteiger partial charge in [-0.15, -0.1) is 0 Å². The summed E-state index contributed by atoms with van der Waals surface area (Å²) in [4.78, 5) is 14.1. The van der Waals surface area contributed by atoms with Gasteiger partial charge in [0.15, 0.2) is 6.20 Å². The molecule has 0 saturated carbocycles. The Morgan fingerprint density at radius 3 is 2.57 bits per heavy atom. The summed E-state index contributed by atoms with van der Waals surface area (Å²) in [5, 5.41) is 14.3. The molecule has 0 saturated heterocycles. The van der Waals surface area contributed by atoms with E-state index in [1.165, 1.54) is 12.3 Å². The topological polar surface area (TPSA) is 59.3 Å². The number of rotatable bonds is 5. The molecule has 0 aliphatic rings. The highest BCUT2D eigenvalue weighted by atomic mass is 16.5. The maximum absolute atomic E-state index is 12.0. The van der Waals surface area contributed by atoms with Gasteiger partial charge in [-0.2, -0.15) is 4.73 Å². The standard InChI is InChI=1S/C16H19N3O2/c1-13(18(2)14-8-4-3-5-9-14)12-17-16(20)15-10-6-7-11-19(15)21/h3-11,13H,12H2,1-2H3,(H,17,20)/t13-/m1/s1. The summed E-state index contributed by atoms with van der Waals surface area (Å²) in [7, 11) is 1.97. The highest BCUT2D eigenvalue weighted by molar-refractivity contribution is 5.90. The number of amides is 1. The molecule has 0 radical (unpaired) electrons. The van der Waals surface area contributed by atoms with Gasteiger partial charge in [-0.05, 0) is 25.1 Å². The van der Waals surface area contributed by atoms with Gasteiger partial charge in [-0.3, -0.25) is 4.79 Å². The molecule has 0 spiro atoms. The number of para-hydroxylation sites is 1. The van der Waals surface area contributed by atoms with E-state index in [9.17, 15) is 10.0 Å². The summed E-state index contributed by atoms with van der Waals surface area (Å²) in [6.07, 6.45) is 1.31. The van der Waals surface area contributed by atoms with Crippen LogP contribution in [0.25, 0.3) is 0 Å². The van der Waals surface area contributed by atoms with E-state index < -0.39 is 0 Å². The Kier molecular flexibility index (Phi) is 4.77. The van der Waals surface area contributed by atoms with Crippen molar-refractivity contribution >= 4 is 11.6 Å². The Balaban J connectivity index is 1.94. The Morgan fingerprint density at radius 2 is 1.90 bits per heavy atom. The first-order valence-corrected chi connectivity index (χ1v) is 6.84. The van der Waals surface area contributed by atoms with Crippen molar-refractivity contribution in [3.8, 4) is 0 Å². The molecule has 21 heavy (non-hydrogen) atoms. The molecule has 0 bridgehead atoms. The molecule has 0 aliphatic heterocycles. The van der Waals surface area contributed by atoms with E-state index in [0.717, 1.165) is 5.69 Å². The first-order valence-electron chi connectivity index (χ1n) is 6.84. The van der Waals surface area contributed by atoms with Crippen LogP contribution in [0.4, 0.5) is 5.69 Å². The van der Waals surface area contributed by atoms with Crippen LogP contribution in [0.5, 0.6) is 0 Å². The predicted octanol–water partition coefficient (Wildman–Crippen LogP) is 1.57. The van der Waals surface area contributed by atoms with Crippen molar-refractivity contribution in [1.82, 2.24) is 5.32 Å². The third-order valence-electron chi connectivity index (χ3n) is 3.44. The zero-order valence-electron chi connectivity index (χ0n) is 12.2. The second kappa shape index (κ2) is 6.74. The van der Waals surface area contributed by atoms with Crippen molar-refractivity contribution < 1.29 is 9.52 Å². The molecular formula is C16H19N3O2. The van der Waals surface area contributed by atoms with Gasteiger partial charge in [0.25, 0.3) is 5.69 Å². The second-order valence-electron chi connectivity index (χ2n) is 4.92. The Hall–Kier alpha value is -2.56. The summed E-state index contributed by atoms with van der Waals surface area (Å²) in [6.45, 7) is 2.47. The fraction of sp³-hybridized carbons (Fsp3) is 0.250. The van der Waals surface area contributed by atoms with Crippen molar-refractivity contribution in [2.75, 3.05) is 18.5 Å². The number of aromatic nitrogens is 1. The lowest BCUT2D eigenvalue weighted by Gasteiger charge is -2.27. The SMILES string of the molecule is C[C@H](CNC(=O)c1cccc[n+]1[O-])N(C)c1ccccc1. The molecule has 0 aliphatic carbocycles. The average molecular weight is 285 g/mol. The first-order chi connectivity index (χ1) is 10.1. The van der Waals surface area contributed by atoms with Crippen LogP contribution in [0.15, 0.2) is 54.7 Å². The zero-order valence-corrected chi connectivity index (χ0v) is 12.2. The summed E-state index contributed by atoms with van der Waals surface area (Å²) < 4.78 is 0.570. The van der Waals surface area contributed by atoms with Gasteiger partial charge in [0, 0.05) is 37.5 Å². The highest BCUT2D eigenvalue weighted by Crippen LogP contribution is 2.13. The third-order valence-corrected chi connectivity index (χ3v) is 3.44. The van der Waals surface area contributed by atoms with Crippen LogP contribution in [0.1, 0.15) is 17.4 Å².